The van der Waals surface area contributed by atoms with Crippen molar-refractivity contribution in [1.29, 1.82) is 0 Å². The zero-order chi connectivity index (χ0) is 32.8. The number of anilines is 2. The minimum atomic E-state index is -1.05. The molecule has 1 heterocycles. The largest absolute Gasteiger partial charge is 0.505 e. The van der Waals surface area contributed by atoms with Gasteiger partial charge in [-0.2, -0.15) is 10.2 Å². The molecule has 0 amide bonds. The number of phenolic OH excluding ortho intramolecular Hbond substituents is 1. The first-order valence-electron chi connectivity index (χ1n) is 15.4. The molecule has 0 unspecified atom stereocenters. The van der Waals surface area contributed by atoms with Crippen LogP contribution in [0.1, 0.15) is 62.5 Å². The molecule has 45 heavy (non-hydrogen) atoms. The molecule has 0 spiro atoms. The topological polar surface area (TPSA) is 139 Å². The van der Waals surface area contributed by atoms with Crippen LogP contribution in [0.15, 0.2) is 76.6 Å². The van der Waals surface area contributed by atoms with Gasteiger partial charge in [-0.25, -0.2) is 14.6 Å². The van der Waals surface area contributed by atoms with Crippen LogP contribution < -0.4 is 21.1 Å². The molecule has 2 aliphatic rings. The van der Waals surface area contributed by atoms with Crippen molar-refractivity contribution in [3.63, 3.8) is 0 Å². The SMILES string of the molecule is CC1=NN(c2ccc3c(c2)CCC3)C(=C=O)/C1=N\Nc1cccc(-c2cccc(C(=O)O)c2)c1O.CCNCC.CCNCC. The predicted octanol–water partition coefficient (Wildman–Crippen LogP) is 5.86. The van der Waals surface area contributed by atoms with Crippen LogP contribution in [0.25, 0.3) is 11.1 Å². The number of hydrogen-bond donors (Lipinski definition) is 5. The lowest BCUT2D eigenvalue weighted by molar-refractivity contribution is 0.0697. The van der Waals surface area contributed by atoms with Crippen LogP contribution in [-0.2, 0) is 17.6 Å². The number of benzene rings is 3. The Hall–Kier alpha value is -4.76. The van der Waals surface area contributed by atoms with E-state index in [1.54, 1.807) is 37.3 Å². The highest BCUT2D eigenvalue weighted by molar-refractivity contribution is 6.52. The van der Waals surface area contributed by atoms with E-state index in [9.17, 15) is 19.8 Å². The number of rotatable bonds is 9. The van der Waals surface area contributed by atoms with E-state index in [0.29, 0.717) is 28.2 Å². The maximum atomic E-state index is 11.9. The lowest BCUT2D eigenvalue weighted by atomic mass is 10.0. The van der Waals surface area contributed by atoms with Gasteiger partial charge in [0.1, 0.15) is 11.5 Å². The first kappa shape index (κ1) is 34.7. The number of nitrogens with one attached hydrogen (secondary N) is 3. The van der Waals surface area contributed by atoms with Gasteiger partial charge < -0.3 is 20.8 Å². The van der Waals surface area contributed by atoms with E-state index < -0.39 is 5.97 Å². The smallest absolute Gasteiger partial charge is 0.335 e. The molecule has 5 N–H and O–H groups in total. The lowest BCUT2D eigenvalue weighted by Crippen LogP contribution is -2.18. The lowest BCUT2D eigenvalue weighted by Gasteiger charge is -2.15. The van der Waals surface area contributed by atoms with Crippen LogP contribution in [0, 0.1) is 0 Å². The number of aryl methyl sites for hydroxylation is 2. The highest BCUT2D eigenvalue weighted by Gasteiger charge is 2.29. The van der Waals surface area contributed by atoms with Crippen LogP contribution in [0.5, 0.6) is 5.75 Å². The molecule has 1 aliphatic carbocycles. The van der Waals surface area contributed by atoms with Gasteiger partial charge in [0.2, 0.25) is 0 Å². The Morgan fingerprint density at radius 1 is 0.933 bits per heavy atom. The molecule has 10 nitrogen and oxygen atoms in total. The second-order valence-electron chi connectivity index (χ2n) is 10.3. The molecule has 10 heteroatoms. The van der Waals surface area contributed by atoms with Crippen molar-refractivity contribution in [2.45, 2.75) is 53.9 Å². The zero-order valence-corrected chi connectivity index (χ0v) is 26.8. The fraction of sp³-hybridized carbons (Fsp3) is 0.343. The Morgan fingerprint density at radius 2 is 1.60 bits per heavy atom. The van der Waals surface area contributed by atoms with Gasteiger partial charge >= 0.3 is 5.97 Å². The number of allylic oxidation sites excluding steroid dienone is 1. The third-order valence-corrected chi connectivity index (χ3v) is 7.20. The normalized spacial score (nSPS) is 14.1. The standard InChI is InChI=1S/C27H22N4O4.2C4H11N/c1-16-25(24(15-32)31(30-16)21-12-11-17-5-2-6-18(17)14-21)29-28-23-10-4-9-22(26(23)33)19-7-3-8-20(13-19)27(34)35;2*1-3-5-4-2/h3-4,7-14,28,33H,2,5-6H2,1H3,(H,34,35);2*5H,3-4H2,1-2H3/b29-25-;;. The van der Waals surface area contributed by atoms with E-state index in [2.05, 4.69) is 60.0 Å². The molecular weight excluding hydrogens is 568 g/mol. The maximum absolute atomic E-state index is 11.9. The molecule has 0 fully saturated rings. The summed E-state index contributed by atoms with van der Waals surface area (Å²) >= 11 is 0. The van der Waals surface area contributed by atoms with Gasteiger partial charge in [0, 0.05) is 5.56 Å². The van der Waals surface area contributed by atoms with E-state index in [1.807, 2.05) is 18.1 Å². The average molecular weight is 613 g/mol. The average Bonchev–Trinajstić information content (AvgIpc) is 3.65. The van der Waals surface area contributed by atoms with Crippen molar-refractivity contribution in [3.8, 4) is 16.9 Å². The summed E-state index contributed by atoms with van der Waals surface area (Å²) in [7, 11) is 0. The Kier molecular flexibility index (Phi) is 13.5. The molecular formula is C35H44N6O4. The first-order chi connectivity index (χ1) is 21.8. The summed E-state index contributed by atoms with van der Waals surface area (Å²) in [6.45, 7) is 14.5. The molecule has 0 aromatic heterocycles. The van der Waals surface area contributed by atoms with Crippen molar-refractivity contribution in [2.24, 2.45) is 10.2 Å². The van der Waals surface area contributed by atoms with E-state index in [4.69, 9.17) is 0 Å². The summed E-state index contributed by atoms with van der Waals surface area (Å²) in [4.78, 5) is 23.2. The number of hydrogen-bond acceptors (Lipinski definition) is 9. The second kappa shape index (κ2) is 17.5. The van der Waals surface area contributed by atoms with Crippen molar-refractivity contribution in [1.82, 2.24) is 10.6 Å². The fourth-order valence-corrected chi connectivity index (χ4v) is 4.92. The summed E-state index contributed by atoms with van der Waals surface area (Å²) in [5, 5.41) is 36.7. The highest BCUT2D eigenvalue weighted by Crippen LogP contribution is 2.36. The molecule has 3 aromatic rings. The monoisotopic (exact) mass is 612 g/mol. The summed E-state index contributed by atoms with van der Waals surface area (Å²) < 4.78 is 0. The minimum absolute atomic E-state index is 0.0981. The van der Waals surface area contributed by atoms with Crippen molar-refractivity contribution in [2.75, 3.05) is 36.6 Å². The third kappa shape index (κ3) is 9.12. The fourth-order valence-electron chi connectivity index (χ4n) is 4.92. The summed E-state index contributed by atoms with van der Waals surface area (Å²) in [5.41, 5.74) is 8.62. The maximum Gasteiger partial charge on any atom is 0.335 e. The van der Waals surface area contributed by atoms with E-state index in [-0.39, 0.29) is 17.0 Å². The first-order valence-corrected chi connectivity index (χ1v) is 15.4. The zero-order valence-electron chi connectivity index (χ0n) is 26.8. The van der Waals surface area contributed by atoms with Crippen molar-refractivity contribution in [3.05, 3.63) is 83.1 Å². The molecule has 1 aliphatic heterocycles. The number of carbonyl (C=O) groups is 1. The van der Waals surface area contributed by atoms with Crippen LogP contribution in [0.3, 0.4) is 0 Å². The number of nitrogens with zero attached hydrogens (tertiary/aromatic N) is 3. The minimum Gasteiger partial charge on any atom is -0.505 e. The quantitative estimate of drug-likeness (QED) is 0.115. The van der Waals surface area contributed by atoms with Crippen LogP contribution in [0.2, 0.25) is 0 Å². The Labute approximate surface area is 265 Å². The van der Waals surface area contributed by atoms with E-state index in [1.165, 1.54) is 28.3 Å². The number of carboxylic acids is 1. The molecule has 0 saturated heterocycles. The van der Waals surface area contributed by atoms with Crippen molar-refractivity contribution >= 4 is 34.7 Å². The van der Waals surface area contributed by atoms with Gasteiger partial charge in [0.15, 0.2) is 11.6 Å². The molecule has 0 atom stereocenters. The number of para-hydroxylation sites is 1. The Bertz CT molecular complexity index is 1570. The van der Waals surface area contributed by atoms with Gasteiger partial charge in [-0.15, -0.1) is 0 Å². The molecule has 0 bridgehead atoms. The van der Waals surface area contributed by atoms with Gasteiger partial charge in [0.05, 0.1) is 22.6 Å². The molecule has 5 rings (SSSR count). The summed E-state index contributed by atoms with van der Waals surface area (Å²) in [5.74, 6) is 0.805. The van der Waals surface area contributed by atoms with Crippen LogP contribution in [-0.4, -0.2) is 59.7 Å². The summed E-state index contributed by atoms with van der Waals surface area (Å²) in [6.07, 6.45) is 3.19. The number of phenols is 1. The van der Waals surface area contributed by atoms with Gasteiger partial charge in [0.25, 0.3) is 0 Å². The molecule has 0 radical (unpaired) electrons. The Morgan fingerprint density at radius 3 is 2.22 bits per heavy atom. The molecule has 238 valence electrons. The molecule has 0 saturated carbocycles. The molecule has 3 aromatic carbocycles. The number of carboxylic acid groups (broad SMARTS) is 1. The van der Waals surface area contributed by atoms with Gasteiger partial charge in [-0.1, -0.05) is 58.0 Å². The highest BCUT2D eigenvalue weighted by atomic mass is 16.4. The number of aromatic carboxylic acids is 1. The van der Waals surface area contributed by atoms with E-state index in [0.717, 1.165) is 51.1 Å². The van der Waals surface area contributed by atoms with Gasteiger partial charge in [-0.3, -0.25) is 5.43 Å². The number of hydrazone groups is 2. The number of aromatic hydroxyl groups is 1. The second-order valence-corrected chi connectivity index (χ2v) is 10.3. The van der Waals surface area contributed by atoms with Gasteiger partial charge in [-0.05, 0) is 99.4 Å². The van der Waals surface area contributed by atoms with E-state index >= 15 is 0 Å². The summed E-state index contributed by atoms with van der Waals surface area (Å²) in [6, 6.07) is 17.4. The van der Waals surface area contributed by atoms with Crippen molar-refractivity contribution < 1.29 is 19.8 Å². The number of fused-ring (bicyclic) bond motifs is 1. The van der Waals surface area contributed by atoms with Crippen LogP contribution in [0.4, 0.5) is 11.4 Å². The number of carbonyl (C=O) groups excluding carboxylic acids is 1. The van der Waals surface area contributed by atoms with Crippen LogP contribution >= 0.6 is 0 Å². The Balaban J connectivity index is 0.000000482. The predicted molar refractivity (Wildman–Crippen MR) is 183 cm³/mol. The third-order valence-electron chi connectivity index (χ3n) is 7.20.